The second-order valence-electron chi connectivity index (χ2n) is 3.42. The molecule has 0 fully saturated rings. The monoisotopic (exact) mass is 344 g/mol. The smallest absolute Gasteiger partial charge is 0.229 e. The molecule has 0 aliphatic carbocycles. The van der Waals surface area contributed by atoms with Crippen LogP contribution < -0.4 is 0 Å². The van der Waals surface area contributed by atoms with Gasteiger partial charge in [-0.15, -0.1) is 0 Å². The minimum Gasteiger partial charge on any atom is -0.385 e. The molecular formula is C10H11BrClFO3S. The molecule has 2 atom stereocenters. The molecule has 1 aromatic rings. The van der Waals surface area contributed by atoms with Crippen LogP contribution >= 0.6 is 27.5 Å². The van der Waals surface area contributed by atoms with Gasteiger partial charge in [-0.2, -0.15) is 0 Å². The van der Waals surface area contributed by atoms with Gasteiger partial charge >= 0.3 is 0 Å². The van der Waals surface area contributed by atoms with Crippen LogP contribution in [0.3, 0.4) is 0 Å². The van der Waals surface area contributed by atoms with Gasteiger partial charge in [-0.1, -0.05) is 30.7 Å². The molecule has 0 heterocycles. The van der Waals surface area contributed by atoms with Crippen LogP contribution in [0.25, 0.3) is 0 Å². The van der Waals surface area contributed by atoms with Crippen LogP contribution in [0.1, 0.15) is 18.6 Å². The SMILES string of the molecule is CCS(=O)(=O)[C@@](Cl)(Br)[C@@H](O)c1cccc(F)c1. The van der Waals surface area contributed by atoms with Crippen molar-refractivity contribution in [3.05, 3.63) is 35.6 Å². The van der Waals surface area contributed by atoms with E-state index in [2.05, 4.69) is 15.9 Å². The molecule has 3 nitrogen and oxygen atoms in total. The normalized spacial score (nSPS) is 17.5. The molecule has 0 unspecified atom stereocenters. The van der Waals surface area contributed by atoms with Gasteiger partial charge in [0.05, 0.1) is 5.75 Å². The van der Waals surface area contributed by atoms with E-state index >= 15 is 0 Å². The van der Waals surface area contributed by atoms with Gasteiger partial charge in [0.15, 0.2) is 9.84 Å². The van der Waals surface area contributed by atoms with E-state index in [1.54, 1.807) is 0 Å². The highest BCUT2D eigenvalue weighted by atomic mass is 79.9. The minimum atomic E-state index is -3.75. The Morgan fingerprint density at radius 2 is 2.18 bits per heavy atom. The van der Waals surface area contributed by atoms with Crippen LogP contribution in [0.15, 0.2) is 24.3 Å². The maximum absolute atomic E-state index is 13.0. The fourth-order valence-electron chi connectivity index (χ4n) is 1.23. The topological polar surface area (TPSA) is 54.4 Å². The van der Waals surface area contributed by atoms with E-state index in [4.69, 9.17) is 11.6 Å². The lowest BCUT2D eigenvalue weighted by atomic mass is 10.1. The maximum Gasteiger partial charge on any atom is 0.229 e. The van der Waals surface area contributed by atoms with Crippen molar-refractivity contribution in [1.82, 2.24) is 0 Å². The van der Waals surface area contributed by atoms with Crippen LogP contribution in [0.2, 0.25) is 0 Å². The Bertz CT molecular complexity index is 504. The molecule has 96 valence electrons. The predicted octanol–water partition coefficient (Wildman–Crippen LogP) is 2.58. The van der Waals surface area contributed by atoms with Crippen molar-refractivity contribution in [3.63, 3.8) is 0 Å². The minimum absolute atomic E-state index is 0.0916. The highest BCUT2D eigenvalue weighted by Gasteiger charge is 2.45. The number of sulfone groups is 1. The maximum atomic E-state index is 13.0. The van der Waals surface area contributed by atoms with Crippen LogP contribution in [-0.2, 0) is 9.84 Å². The number of aliphatic hydroxyl groups is 1. The molecule has 0 bridgehead atoms. The standard InChI is InChI=1S/C10H11BrClFO3S/c1-2-17(15,16)10(11,12)9(14)7-4-3-5-8(13)6-7/h3-6,9,14H,2H2,1H3/t9-,10+/m0/s1. The predicted molar refractivity (Wildman–Crippen MR) is 68.3 cm³/mol. The summed E-state index contributed by atoms with van der Waals surface area (Å²) >= 11 is 8.62. The first-order valence-electron chi connectivity index (χ1n) is 4.76. The highest BCUT2D eigenvalue weighted by molar-refractivity contribution is 9.12. The summed E-state index contributed by atoms with van der Waals surface area (Å²) in [6.45, 7) is 1.41. The Labute approximate surface area is 113 Å². The summed E-state index contributed by atoms with van der Waals surface area (Å²) < 4.78 is 34.3. The molecule has 0 aliphatic rings. The molecule has 1 N–H and O–H groups in total. The molecular weight excluding hydrogens is 335 g/mol. The quantitative estimate of drug-likeness (QED) is 0.853. The van der Waals surface area contributed by atoms with E-state index in [0.717, 1.165) is 6.07 Å². The molecule has 0 aliphatic heterocycles. The van der Waals surface area contributed by atoms with Crippen LogP contribution in [0.5, 0.6) is 0 Å². The number of benzene rings is 1. The third-order valence-corrected chi connectivity index (χ3v) is 6.92. The first-order chi connectivity index (χ1) is 7.72. The van der Waals surface area contributed by atoms with Crippen molar-refractivity contribution < 1.29 is 17.9 Å². The summed E-state index contributed by atoms with van der Waals surface area (Å²) in [6.07, 6.45) is -1.56. The van der Waals surface area contributed by atoms with E-state index in [1.807, 2.05) is 0 Å². The van der Waals surface area contributed by atoms with Gasteiger partial charge in [-0.05, 0) is 33.6 Å². The third kappa shape index (κ3) is 2.99. The number of halogens is 3. The Morgan fingerprint density at radius 1 is 1.59 bits per heavy atom. The lowest BCUT2D eigenvalue weighted by Gasteiger charge is -2.25. The first-order valence-corrected chi connectivity index (χ1v) is 7.58. The lowest BCUT2D eigenvalue weighted by Crippen LogP contribution is -2.34. The van der Waals surface area contributed by atoms with Gasteiger partial charge in [0.2, 0.25) is 3.12 Å². The van der Waals surface area contributed by atoms with Gasteiger partial charge in [0.25, 0.3) is 0 Å². The average Bonchev–Trinajstić information content (AvgIpc) is 2.27. The van der Waals surface area contributed by atoms with Gasteiger partial charge in [-0.25, -0.2) is 12.8 Å². The molecule has 1 rings (SSSR count). The number of hydrogen-bond acceptors (Lipinski definition) is 3. The van der Waals surface area contributed by atoms with Crippen LogP contribution in [0.4, 0.5) is 4.39 Å². The summed E-state index contributed by atoms with van der Waals surface area (Å²) in [5, 5.41) is 9.91. The second-order valence-corrected chi connectivity index (χ2v) is 8.93. The van der Waals surface area contributed by atoms with Crippen molar-refractivity contribution >= 4 is 37.4 Å². The summed E-state index contributed by atoms with van der Waals surface area (Å²) in [4.78, 5) is 0. The molecule has 0 spiro atoms. The van der Waals surface area contributed by atoms with Gasteiger partial charge in [0, 0.05) is 0 Å². The molecule has 0 amide bonds. The van der Waals surface area contributed by atoms with Gasteiger partial charge in [0.1, 0.15) is 11.9 Å². The number of rotatable bonds is 4. The zero-order chi connectivity index (χ0) is 13.3. The second kappa shape index (κ2) is 5.22. The summed E-state index contributed by atoms with van der Waals surface area (Å²) in [7, 11) is -3.75. The molecule has 0 saturated heterocycles. The highest BCUT2D eigenvalue weighted by Crippen LogP contribution is 2.42. The van der Waals surface area contributed by atoms with Crippen molar-refractivity contribution in [1.29, 1.82) is 0 Å². The Hall–Kier alpha value is -0.170. The van der Waals surface area contributed by atoms with E-state index in [0.29, 0.717) is 0 Å². The average molecular weight is 346 g/mol. The Kier molecular flexibility index (Phi) is 4.57. The van der Waals surface area contributed by atoms with E-state index in [-0.39, 0.29) is 11.3 Å². The first kappa shape index (κ1) is 14.9. The van der Waals surface area contributed by atoms with Crippen molar-refractivity contribution in [2.24, 2.45) is 0 Å². The zero-order valence-electron chi connectivity index (χ0n) is 8.90. The zero-order valence-corrected chi connectivity index (χ0v) is 12.1. The summed E-state index contributed by atoms with van der Waals surface area (Å²) in [6, 6.07) is 4.99. The van der Waals surface area contributed by atoms with Crippen molar-refractivity contribution in [2.75, 3.05) is 5.75 Å². The number of aliphatic hydroxyl groups excluding tert-OH is 1. The largest absolute Gasteiger partial charge is 0.385 e. The Balaban J connectivity index is 3.17. The molecule has 0 saturated carbocycles. The Morgan fingerprint density at radius 3 is 2.65 bits per heavy atom. The van der Waals surface area contributed by atoms with E-state index in [1.165, 1.54) is 25.1 Å². The van der Waals surface area contributed by atoms with Gasteiger partial charge in [-0.3, -0.25) is 0 Å². The van der Waals surface area contributed by atoms with E-state index in [9.17, 15) is 17.9 Å². The van der Waals surface area contributed by atoms with Crippen LogP contribution in [-0.4, -0.2) is 22.4 Å². The van der Waals surface area contributed by atoms with Gasteiger partial charge < -0.3 is 5.11 Å². The van der Waals surface area contributed by atoms with Crippen molar-refractivity contribution in [2.45, 2.75) is 16.1 Å². The fourth-order valence-corrected chi connectivity index (χ4v) is 3.50. The van der Waals surface area contributed by atoms with Crippen molar-refractivity contribution in [3.8, 4) is 0 Å². The van der Waals surface area contributed by atoms with E-state index < -0.39 is 24.9 Å². The number of hydrogen-bond donors (Lipinski definition) is 1. The summed E-state index contributed by atoms with van der Waals surface area (Å²) in [5.74, 6) is -0.816. The number of alkyl halides is 2. The summed E-state index contributed by atoms with van der Waals surface area (Å²) in [5.41, 5.74) is 0.0916. The molecule has 0 aromatic heterocycles. The fraction of sp³-hybridized carbons (Fsp3) is 0.400. The lowest BCUT2D eigenvalue weighted by molar-refractivity contribution is 0.184. The third-order valence-electron chi connectivity index (χ3n) is 2.28. The molecule has 7 heteroatoms. The molecule has 0 radical (unpaired) electrons. The molecule has 17 heavy (non-hydrogen) atoms. The van der Waals surface area contributed by atoms with Crippen LogP contribution in [0, 0.1) is 5.82 Å². The molecule has 1 aromatic carbocycles.